The lowest BCUT2D eigenvalue weighted by Crippen LogP contribution is -2.32. The molecule has 2 N–H and O–H groups in total. The van der Waals surface area contributed by atoms with Crippen LogP contribution in [0.5, 0.6) is 5.75 Å². The number of aryl methyl sites for hydroxylation is 1. The fourth-order valence-corrected chi connectivity index (χ4v) is 5.68. The van der Waals surface area contributed by atoms with Gasteiger partial charge in [0.1, 0.15) is 5.75 Å². The van der Waals surface area contributed by atoms with Crippen molar-refractivity contribution in [2.75, 3.05) is 0 Å². The molecule has 0 spiro atoms. The van der Waals surface area contributed by atoms with Crippen molar-refractivity contribution >= 4 is 32.0 Å². The molecular formula is C30H34F2N2O7S2. The van der Waals surface area contributed by atoms with Gasteiger partial charge in [0.15, 0.2) is 11.6 Å². The maximum Gasteiger partial charge on any atom is 0.311 e. The lowest BCUT2D eigenvalue weighted by molar-refractivity contribution is -0.119. The zero-order valence-electron chi connectivity index (χ0n) is 24.1. The van der Waals surface area contributed by atoms with E-state index < -0.39 is 60.2 Å². The minimum atomic E-state index is -4.50. The molecule has 3 rings (SSSR count). The van der Waals surface area contributed by atoms with Crippen molar-refractivity contribution in [2.45, 2.75) is 63.1 Å². The van der Waals surface area contributed by atoms with E-state index in [1.54, 1.807) is 0 Å². The van der Waals surface area contributed by atoms with Crippen LogP contribution in [0.1, 0.15) is 68.1 Å². The van der Waals surface area contributed by atoms with Crippen LogP contribution >= 0.6 is 0 Å². The lowest BCUT2D eigenvalue weighted by Gasteiger charge is -2.22. The highest BCUT2D eigenvalue weighted by Crippen LogP contribution is 2.26. The van der Waals surface area contributed by atoms with Crippen LogP contribution in [0.25, 0.3) is 0 Å². The van der Waals surface area contributed by atoms with Gasteiger partial charge in [-0.25, -0.2) is 21.9 Å². The predicted molar refractivity (Wildman–Crippen MR) is 157 cm³/mol. The molecule has 2 amide bonds. The smallest absolute Gasteiger partial charge is 0.311 e. The summed E-state index contributed by atoms with van der Waals surface area (Å²) in [5.74, 6) is -4.02. The third-order valence-corrected chi connectivity index (χ3v) is 9.35. The molecule has 9 nitrogen and oxygen atoms in total. The molecule has 0 bridgehead atoms. The van der Waals surface area contributed by atoms with Gasteiger partial charge < -0.3 is 9.50 Å². The summed E-state index contributed by atoms with van der Waals surface area (Å²) in [6.45, 7) is 6.90. The zero-order chi connectivity index (χ0) is 31.9. The second kappa shape index (κ2) is 14.1. The number of hydrogen-bond donors (Lipinski definition) is 2. The van der Waals surface area contributed by atoms with Crippen LogP contribution in [0.2, 0.25) is 0 Å². The topological polar surface area (TPSA) is 136 Å². The van der Waals surface area contributed by atoms with Crippen molar-refractivity contribution in [1.29, 1.82) is 0 Å². The van der Waals surface area contributed by atoms with Gasteiger partial charge >= 0.3 is 10.1 Å². The molecule has 0 heterocycles. The minimum Gasteiger partial charge on any atom is -0.382 e. The van der Waals surface area contributed by atoms with Gasteiger partial charge in [-0.2, -0.15) is 8.42 Å². The quantitative estimate of drug-likeness (QED) is 0.251. The van der Waals surface area contributed by atoms with E-state index in [4.69, 9.17) is 4.18 Å². The van der Waals surface area contributed by atoms with Crippen LogP contribution in [0.3, 0.4) is 0 Å². The van der Waals surface area contributed by atoms with Crippen LogP contribution in [0.15, 0.2) is 71.6 Å². The van der Waals surface area contributed by atoms with Crippen molar-refractivity contribution in [3.8, 4) is 5.75 Å². The highest BCUT2D eigenvalue weighted by Gasteiger charge is 2.24. The molecule has 1 atom stereocenters. The van der Waals surface area contributed by atoms with Crippen LogP contribution in [-0.4, -0.2) is 33.9 Å². The average Bonchev–Trinajstić information content (AvgIpc) is 2.93. The molecule has 0 aliphatic carbocycles. The predicted octanol–water partition coefficient (Wildman–Crippen LogP) is 5.04. The maximum absolute atomic E-state index is 13.6. The molecule has 3 aromatic rings. The number of carbonyl (C=O) groups excluding carboxylic acids is 2. The van der Waals surface area contributed by atoms with Gasteiger partial charge in [-0.05, 0) is 74.1 Å². The number of rotatable bonds is 13. The van der Waals surface area contributed by atoms with E-state index in [-0.39, 0.29) is 29.7 Å². The number of sulfonamides is 1. The van der Waals surface area contributed by atoms with Gasteiger partial charge in [-0.1, -0.05) is 50.2 Å². The molecule has 0 fully saturated rings. The molecule has 0 saturated heterocycles. The molecule has 0 aliphatic heterocycles. The Balaban J connectivity index is 1.88. The number of carbonyl (C=O) groups is 2. The molecule has 0 aliphatic rings. The van der Waals surface area contributed by atoms with E-state index in [1.165, 1.54) is 32.0 Å². The number of nitrogens with one attached hydrogen (secondary N) is 2. The molecule has 1 unspecified atom stereocenters. The third kappa shape index (κ3) is 9.32. The normalized spacial score (nSPS) is 12.7. The molecule has 0 saturated carbocycles. The summed E-state index contributed by atoms with van der Waals surface area (Å²) in [5, 5.41) is 2.14. The van der Waals surface area contributed by atoms with Crippen molar-refractivity contribution in [3.63, 3.8) is 0 Å². The zero-order valence-corrected chi connectivity index (χ0v) is 25.8. The Kier molecular flexibility index (Phi) is 11.0. The summed E-state index contributed by atoms with van der Waals surface area (Å²) in [6.07, 6.45) is 0.0916. The van der Waals surface area contributed by atoms with Crippen molar-refractivity contribution in [1.82, 2.24) is 10.0 Å². The Morgan fingerprint density at radius 3 is 2.14 bits per heavy atom. The summed E-state index contributed by atoms with van der Waals surface area (Å²) in [6, 6.07) is 14.8. The van der Waals surface area contributed by atoms with Crippen molar-refractivity contribution in [2.24, 2.45) is 5.92 Å². The Hall–Kier alpha value is -3.84. The maximum atomic E-state index is 13.6. The van der Waals surface area contributed by atoms with E-state index in [0.29, 0.717) is 24.1 Å². The van der Waals surface area contributed by atoms with E-state index in [2.05, 4.69) is 5.32 Å². The second-order valence-corrected chi connectivity index (χ2v) is 14.4. The van der Waals surface area contributed by atoms with Crippen LogP contribution in [0.4, 0.5) is 8.78 Å². The molecule has 0 radical (unpaired) electrons. The lowest BCUT2D eigenvalue weighted by atomic mass is 9.95. The van der Waals surface area contributed by atoms with Crippen LogP contribution < -0.4 is 14.2 Å². The summed E-state index contributed by atoms with van der Waals surface area (Å²) in [7, 11) is -8.47. The monoisotopic (exact) mass is 636 g/mol. The van der Waals surface area contributed by atoms with E-state index >= 15 is 0 Å². The van der Waals surface area contributed by atoms with Gasteiger partial charge in [0, 0.05) is 12.0 Å². The number of halogens is 2. The number of benzene rings is 3. The molecule has 13 heteroatoms. The SMILES string of the molecule is CC(C)CC(NC(=O)c1cc(OS(=O)(=O)C(C)C)ccc1CCC(=O)NS(=O)(=O)c1ccc(F)c(F)c1)c1ccccc1. The first-order valence-corrected chi connectivity index (χ1v) is 16.5. The third-order valence-electron chi connectivity index (χ3n) is 6.40. The fourth-order valence-electron chi connectivity index (χ4n) is 4.09. The Bertz CT molecular complexity index is 1680. The van der Waals surface area contributed by atoms with Gasteiger partial charge in [0.25, 0.3) is 15.9 Å². The molecule has 232 valence electrons. The first-order chi connectivity index (χ1) is 20.1. The average molecular weight is 637 g/mol. The Morgan fingerprint density at radius 2 is 1.53 bits per heavy atom. The van der Waals surface area contributed by atoms with E-state index in [0.717, 1.165) is 11.6 Å². The summed E-state index contributed by atoms with van der Waals surface area (Å²) in [4.78, 5) is 25.6. The standard InChI is InChI=1S/C30H34F2N2O7S2/c1-19(2)16-28(22-8-6-5-7-9-22)33-30(36)25-17-23(41-43(39,40)20(3)4)12-10-21(25)11-15-29(35)34-42(37,38)24-13-14-26(31)27(32)18-24/h5-10,12-14,17-20,28H,11,15-16H2,1-4H3,(H,33,36)(H,34,35). The van der Waals surface area contributed by atoms with Crippen LogP contribution in [0, 0.1) is 17.6 Å². The van der Waals surface area contributed by atoms with Gasteiger partial charge in [-0.3, -0.25) is 9.59 Å². The summed E-state index contributed by atoms with van der Waals surface area (Å²) < 4.78 is 83.6. The number of hydrogen-bond acceptors (Lipinski definition) is 7. The van der Waals surface area contributed by atoms with E-state index in [1.807, 2.05) is 48.9 Å². The summed E-state index contributed by atoms with van der Waals surface area (Å²) >= 11 is 0. The number of amides is 2. The van der Waals surface area contributed by atoms with Gasteiger partial charge in [-0.15, -0.1) is 0 Å². The Morgan fingerprint density at radius 1 is 0.860 bits per heavy atom. The second-order valence-electron chi connectivity index (χ2n) is 10.6. The fraction of sp³-hybridized carbons (Fsp3) is 0.333. The molecular weight excluding hydrogens is 602 g/mol. The van der Waals surface area contributed by atoms with Crippen molar-refractivity contribution < 1.29 is 39.4 Å². The van der Waals surface area contributed by atoms with E-state index in [9.17, 15) is 35.2 Å². The highest BCUT2D eigenvalue weighted by molar-refractivity contribution is 7.90. The molecule has 43 heavy (non-hydrogen) atoms. The molecule has 0 aromatic heterocycles. The largest absolute Gasteiger partial charge is 0.382 e. The van der Waals surface area contributed by atoms with Crippen molar-refractivity contribution in [3.05, 3.63) is 95.1 Å². The molecule has 3 aromatic carbocycles. The highest BCUT2D eigenvalue weighted by atomic mass is 32.2. The minimum absolute atomic E-state index is 0.0393. The van der Waals surface area contributed by atoms with Crippen LogP contribution in [-0.2, 0) is 31.4 Å². The first kappa shape index (κ1) is 33.7. The Labute approximate surface area is 250 Å². The van der Waals surface area contributed by atoms with Gasteiger partial charge in [0.2, 0.25) is 5.91 Å². The summed E-state index contributed by atoms with van der Waals surface area (Å²) in [5.41, 5.74) is 1.23. The first-order valence-electron chi connectivity index (χ1n) is 13.5. The van der Waals surface area contributed by atoms with Gasteiger partial charge in [0.05, 0.1) is 16.2 Å².